The van der Waals surface area contributed by atoms with Crippen LogP contribution in [0.15, 0.2) is 41.3 Å². The average molecular weight is 340 g/mol. The predicted octanol–water partition coefficient (Wildman–Crippen LogP) is 3.46. The number of hydrogen-bond acceptors (Lipinski definition) is 3. The summed E-state index contributed by atoms with van der Waals surface area (Å²) >= 11 is 5.85. The molecule has 0 aromatic heterocycles. The number of carboxylic acid groups (broad SMARTS) is 1. The Morgan fingerprint density at radius 1 is 1.18 bits per heavy atom. The molecule has 0 aliphatic rings. The molecule has 0 atom stereocenters. The van der Waals surface area contributed by atoms with Crippen LogP contribution in [0.3, 0.4) is 0 Å². The highest BCUT2D eigenvalue weighted by Crippen LogP contribution is 2.25. The van der Waals surface area contributed by atoms with Crippen LogP contribution in [-0.4, -0.2) is 19.5 Å². The van der Waals surface area contributed by atoms with Crippen molar-refractivity contribution in [3.63, 3.8) is 0 Å². The minimum atomic E-state index is -3.86. The van der Waals surface area contributed by atoms with Crippen LogP contribution in [0.25, 0.3) is 0 Å². The highest BCUT2D eigenvalue weighted by molar-refractivity contribution is 7.92. The Morgan fingerprint density at radius 2 is 1.86 bits per heavy atom. The topological polar surface area (TPSA) is 83.5 Å². The van der Waals surface area contributed by atoms with Crippen molar-refractivity contribution >= 4 is 33.3 Å². The van der Waals surface area contributed by atoms with Gasteiger partial charge in [0.05, 0.1) is 16.1 Å². The van der Waals surface area contributed by atoms with Crippen LogP contribution in [0.5, 0.6) is 0 Å². The standard InChI is InChI=1S/C15H14ClNO4S/c1-9-6-7-11(16)8-14(9)22(20,21)17-13-5-3-4-12(10(13)2)15(18)19/h3-8,17H,1-2H3,(H,18,19). The Morgan fingerprint density at radius 3 is 2.50 bits per heavy atom. The van der Waals surface area contributed by atoms with E-state index in [0.29, 0.717) is 16.1 Å². The van der Waals surface area contributed by atoms with Gasteiger partial charge in [0, 0.05) is 5.02 Å². The van der Waals surface area contributed by atoms with E-state index in [9.17, 15) is 13.2 Å². The molecule has 2 rings (SSSR count). The zero-order valence-electron chi connectivity index (χ0n) is 11.9. The van der Waals surface area contributed by atoms with Gasteiger partial charge in [0.2, 0.25) is 0 Å². The number of hydrogen-bond donors (Lipinski definition) is 2. The highest BCUT2D eigenvalue weighted by Gasteiger charge is 2.19. The fourth-order valence-electron chi connectivity index (χ4n) is 2.04. The molecule has 0 unspecified atom stereocenters. The number of halogens is 1. The van der Waals surface area contributed by atoms with Crippen LogP contribution in [0.1, 0.15) is 21.5 Å². The summed E-state index contributed by atoms with van der Waals surface area (Å²) in [6, 6.07) is 8.98. The van der Waals surface area contributed by atoms with E-state index in [2.05, 4.69) is 4.72 Å². The van der Waals surface area contributed by atoms with E-state index in [1.807, 2.05) is 0 Å². The number of benzene rings is 2. The van der Waals surface area contributed by atoms with Crippen molar-refractivity contribution in [2.24, 2.45) is 0 Å². The van der Waals surface area contributed by atoms with Crippen molar-refractivity contribution < 1.29 is 18.3 Å². The predicted molar refractivity (Wildman–Crippen MR) is 85.1 cm³/mol. The first-order chi connectivity index (χ1) is 10.2. The Labute approximate surface area is 133 Å². The molecule has 0 aliphatic heterocycles. The first kappa shape index (κ1) is 16.3. The largest absolute Gasteiger partial charge is 0.478 e. The lowest BCUT2D eigenvalue weighted by Gasteiger charge is -2.13. The van der Waals surface area contributed by atoms with Gasteiger partial charge in [-0.15, -0.1) is 0 Å². The average Bonchev–Trinajstić information content (AvgIpc) is 2.43. The van der Waals surface area contributed by atoms with Crippen molar-refractivity contribution in [1.29, 1.82) is 0 Å². The lowest BCUT2D eigenvalue weighted by Crippen LogP contribution is -2.16. The van der Waals surface area contributed by atoms with Gasteiger partial charge in [-0.3, -0.25) is 4.72 Å². The molecule has 0 saturated carbocycles. The van der Waals surface area contributed by atoms with Crippen LogP contribution in [0.2, 0.25) is 5.02 Å². The molecule has 0 bridgehead atoms. The number of aromatic carboxylic acids is 1. The number of sulfonamides is 1. The second-order valence-corrected chi connectivity index (χ2v) is 6.89. The Bertz CT molecular complexity index is 847. The van der Waals surface area contributed by atoms with Gasteiger partial charge in [-0.1, -0.05) is 23.7 Å². The van der Waals surface area contributed by atoms with E-state index in [-0.39, 0.29) is 16.1 Å². The van der Waals surface area contributed by atoms with E-state index >= 15 is 0 Å². The summed E-state index contributed by atoms with van der Waals surface area (Å²) in [5.41, 5.74) is 1.16. The second kappa shape index (κ2) is 5.98. The van der Waals surface area contributed by atoms with Gasteiger partial charge in [0.15, 0.2) is 0 Å². The smallest absolute Gasteiger partial charge is 0.336 e. The molecule has 0 fully saturated rings. The highest BCUT2D eigenvalue weighted by atomic mass is 35.5. The van der Waals surface area contributed by atoms with Crippen molar-refractivity contribution in [1.82, 2.24) is 0 Å². The lowest BCUT2D eigenvalue weighted by atomic mass is 10.1. The van der Waals surface area contributed by atoms with Crippen molar-refractivity contribution in [3.8, 4) is 0 Å². The van der Waals surface area contributed by atoms with Crippen LogP contribution in [0.4, 0.5) is 5.69 Å². The summed E-state index contributed by atoms with van der Waals surface area (Å²) in [5, 5.41) is 9.40. The third-order valence-electron chi connectivity index (χ3n) is 3.25. The first-order valence-electron chi connectivity index (χ1n) is 6.34. The molecule has 116 valence electrons. The van der Waals surface area contributed by atoms with Gasteiger partial charge < -0.3 is 5.11 Å². The summed E-state index contributed by atoms with van der Waals surface area (Å²) in [6.45, 7) is 3.21. The zero-order valence-corrected chi connectivity index (χ0v) is 13.5. The summed E-state index contributed by atoms with van der Waals surface area (Å²) in [6.07, 6.45) is 0. The van der Waals surface area contributed by atoms with Crippen molar-refractivity contribution in [2.45, 2.75) is 18.7 Å². The maximum atomic E-state index is 12.5. The molecule has 2 aromatic carbocycles. The molecule has 0 heterocycles. The zero-order chi connectivity index (χ0) is 16.5. The number of nitrogens with one attached hydrogen (secondary N) is 1. The molecule has 0 spiro atoms. The van der Waals surface area contributed by atoms with E-state index in [1.54, 1.807) is 26.0 Å². The first-order valence-corrected chi connectivity index (χ1v) is 8.20. The summed E-state index contributed by atoms with van der Waals surface area (Å²) < 4.78 is 27.4. The Kier molecular flexibility index (Phi) is 4.44. The van der Waals surface area contributed by atoms with Gasteiger partial charge in [-0.25, -0.2) is 13.2 Å². The van der Waals surface area contributed by atoms with Gasteiger partial charge in [0.1, 0.15) is 0 Å². The van der Waals surface area contributed by atoms with Gasteiger partial charge in [-0.2, -0.15) is 0 Å². The van der Waals surface area contributed by atoms with E-state index in [1.165, 1.54) is 24.3 Å². The minimum Gasteiger partial charge on any atom is -0.478 e. The Hall–Kier alpha value is -2.05. The van der Waals surface area contributed by atoms with Crippen LogP contribution in [0, 0.1) is 13.8 Å². The van der Waals surface area contributed by atoms with E-state index in [0.717, 1.165) is 0 Å². The van der Waals surface area contributed by atoms with Crippen LogP contribution >= 0.6 is 11.6 Å². The molecule has 0 aliphatic carbocycles. The van der Waals surface area contributed by atoms with Gasteiger partial charge in [0.25, 0.3) is 10.0 Å². The normalized spacial score (nSPS) is 11.2. The second-order valence-electron chi connectivity index (χ2n) is 4.80. The molecule has 7 heteroatoms. The lowest BCUT2D eigenvalue weighted by molar-refractivity contribution is 0.0696. The molecule has 2 aromatic rings. The summed E-state index contributed by atoms with van der Waals surface area (Å²) in [7, 11) is -3.86. The van der Waals surface area contributed by atoms with Crippen molar-refractivity contribution in [3.05, 3.63) is 58.1 Å². The van der Waals surface area contributed by atoms with Crippen molar-refractivity contribution in [2.75, 3.05) is 4.72 Å². The number of aryl methyl sites for hydroxylation is 1. The van der Waals surface area contributed by atoms with Gasteiger partial charge in [-0.05, 0) is 49.2 Å². The molecule has 0 radical (unpaired) electrons. The SMILES string of the molecule is Cc1ccc(Cl)cc1S(=O)(=O)Nc1cccc(C(=O)O)c1C. The third kappa shape index (κ3) is 3.23. The minimum absolute atomic E-state index is 0.0445. The number of anilines is 1. The molecular weight excluding hydrogens is 326 g/mol. The molecular formula is C15H14ClNO4S. The molecule has 0 saturated heterocycles. The van der Waals surface area contributed by atoms with E-state index in [4.69, 9.17) is 16.7 Å². The van der Waals surface area contributed by atoms with Crippen LogP contribution in [-0.2, 0) is 10.0 Å². The number of rotatable bonds is 4. The Balaban J connectivity index is 2.48. The summed E-state index contributed by atoms with van der Waals surface area (Å²) in [4.78, 5) is 11.2. The molecule has 0 amide bonds. The fraction of sp³-hybridized carbons (Fsp3) is 0.133. The maximum Gasteiger partial charge on any atom is 0.336 e. The van der Waals surface area contributed by atoms with Crippen LogP contribution < -0.4 is 4.72 Å². The quantitative estimate of drug-likeness (QED) is 0.893. The van der Waals surface area contributed by atoms with Gasteiger partial charge >= 0.3 is 5.97 Å². The summed E-state index contributed by atoms with van der Waals surface area (Å²) in [5.74, 6) is -1.11. The number of carbonyl (C=O) groups is 1. The monoisotopic (exact) mass is 339 g/mol. The number of carboxylic acids is 1. The molecule has 5 nitrogen and oxygen atoms in total. The van der Waals surface area contributed by atoms with E-state index < -0.39 is 16.0 Å². The maximum absolute atomic E-state index is 12.5. The molecule has 2 N–H and O–H groups in total. The molecule has 22 heavy (non-hydrogen) atoms. The third-order valence-corrected chi connectivity index (χ3v) is 4.99. The fourth-order valence-corrected chi connectivity index (χ4v) is 3.67.